The lowest BCUT2D eigenvalue weighted by molar-refractivity contribution is -0.119. The number of halogens is 1. The van der Waals surface area contributed by atoms with Crippen LogP contribution in [0.3, 0.4) is 0 Å². The minimum Gasteiger partial charge on any atom is -0.390 e. The van der Waals surface area contributed by atoms with Crippen molar-refractivity contribution in [3.05, 3.63) is 47.1 Å². The predicted octanol–water partition coefficient (Wildman–Crippen LogP) is 4.07. The highest BCUT2D eigenvalue weighted by Gasteiger charge is 2.46. The van der Waals surface area contributed by atoms with E-state index < -0.39 is 5.60 Å². The number of fused-ring (bicyclic) bond motifs is 2. The van der Waals surface area contributed by atoms with Crippen LogP contribution in [0, 0.1) is 5.92 Å². The van der Waals surface area contributed by atoms with Gasteiger partial charge in [-0.05, 0) is 69.2 Å². The van der Waals surface area contributed by atoms with Crippen molar-refractivity contribution in [3.8, 4) is 0 Å². The number of pyridine rings is 2. The molecular formula is C23H26ClN5O2. The number of aryl methyl sites for hydroxylation is 1. The van der Waals surface area contributed by atoms with Gasteiger partial charge in [0.25, 0.3) is 0 Å². The Morgan fingerprint density at radius 1 is 1.23 bits per heavy atom. The molecule has 7 nitrogen and oxygen atoms in total. The van der Waals surface area contributed by atoms with Gasteiger partial charge in [-0.2, -0.15) is 0 Å². The van der Waals surface area contributed by atoms with E-state index in [1.807, 2.05) is 30.9 Å². The second-order valence-electron chi connectivity index (χ2n) is 9.25. The number of hydrogen-bond acceptors (Lipinski definition) is 5. The van der Waals surface area contributed by atoms with E-state index in [2.05, 4.69) is 14.5 Å². The van der Waals surface area contributed by atoms with Gasteiger partial charge >= 0.3 is 0 Å². The Hall–Kier alpha value is -2.51. The number of nitrogens with zero attached hydrogens (tertiary/aromatic N) is 5. The third-order valence-electron chi connectivity index (χ3n) is 6.21. The molecule has 0 aromatic carbocycles. The van der Waals surface area contributed by atoms with E-state index in [1.54, 1.807) is 18.5 Å². The number of amides is 1. The van der Waals surface area contributed by atoms with Gasteiger partial charge in [-0.3, -0.25) is 9.78 Å². The molecule has 0 spiro atoms. The van der Waals surface area contributed by atoms with E-state index >= 15 is 0 Å². The molecule has 1 N–H and O–H groups in total. The van der Waals surface area contributed by atoms with Gasteiger partial charge in [-0.1, -0.05) is 11.6 Å². The summed E-state index contributed by atoms with van der Waals surface area (Å²) in [5.74, 6) is 1.26. The van der Waals surface area contributed by atoms with Crippen molar-refractivity contribution >= 4 is 34.4 Å². The Bertz CT molecular complexity index is 1150. The van der Waals surface area contributed by atoms with Crippen LogP contribution in [0.1, 0.15) is 56.8 Å². The van der Waals surface area contributed by atoms with Crippen LogP contribution in [0.2, 0.25) is 5.15 Å². The molecule has 0 radical (unpaired) electrons. The maximum Gasteiger partial charge on any atom is 0.235 e. The first kappa shape index (κ1) is 20.4. The van der Waals surface area contributed by atoms with Crippen LogP contribution >= 0.6 is 11.6 Å². The fourth-order valence-corrected chi connectivity index (χ4v) is 4.71. The maximum atomic E-state index is 13.4. The highest BCUT2D eigenvalue weighted by atomic mass is 35.5. The molecule has 2 aliphatic rings. The molecule has 1 aliphatic heterocycles. The smallest absolute Gasteiger partial charge is 0.235 e. The number of aromatic nitrogens is 4. The molecule has 0 bridgehead atoms. The molecule has 1 unspecified atom stereocenters. The second-order valence-corrected chi connectivity index (χ2v) is 9.63. The van der Waals surface area contributed by atoms with Crippen LogP contribution < -0.4 is 4.90 Å². The minimum atomic E-state index is -0.731. The molecule has 3 aromatic heterocycles. The van der Waals surface area contributed by atoms with Crippen LogP contribution in [-0.2, 0) is 17.9 Å². The second kappa shape index (κ2) is 7.57. The van der Waals surface area contributed by atoms with Gasteiger partial charge in [0, 0.05) is 12.7 Å². The lowest BCUT2D eigenvalue weighted by Gasteiger charge is -2.20. The van der Waals surface area contributed by atoms with Crippen molar-refractivity contribution in [3.63, 3.8) is 0 Å². The van der Waals surface area contributed by atoms with Crippen LogP contribution in [-0.4, -0.2) is 36.1 Å². The summed E-state index contributed by atoms with van der Waals surface area (Å²) < 4.78 is 2.10. The number of hydrogen-bond donors (Lipinski definition) is 1. The zero-order chi connectivity index (χ0) is 21.8. The standard InChI is InChI=1S/C23H26ClN5O2/c1-23(2,31)9-3-11-28-16-6-7-18(24)26-21(16)27-19(28)13-29-17-12-25-10-8-15(17)20(22(29)30)14-4-5-14/h6-8,10,12,14,20,31H,3-5,9,11,13H2,1-2H3. The molecule has 4 heterocycles. The molecule has 3 aromatic rings. The lowest BCUT2D eigenvalue weighted by Crippen LogP contribution is -2.30. The zero-order valence-electron chi connectivity index (χ0n) is 17.8. The average Bonchev–Trinajstić information content (AvgIpc) is 3.43. The maximum absolute atomic E-state index is 13.4. The van der Waals surface area contributed by atoms with E-state index in [9.17, 15) is 9.90 Å². The monoisotopic (exact) mass is 439 g/mol. The number of imidazole rings is 1. The SMILES string of the molecule is CC(C)(O)CCCn1c(CN2C(=O)C(C3CC3)c3ccncc32)nc2nc(Cl)ccc21. The summed E-state index contributed by atoms with van der Waals surface area (Å²) in [4.78, 5) is 28.6. The highest BCUT2D eigenvalue weighted by molar-refractivity contribution is 6.29. The lowest BCUT2D eigenvalue weighted by atomic mass is 9.97. The quantitative estimate of drug-likeness (QED) is 0.561. The average molecular weight is 440 g/mol. The first-order valence-corrected chi connectivity index (χ1v) is 11.2. The van der Waals surface area contributed by atoms with Gasteiger partial charge in [-0.25, -0.2) is 9.97 Å². The normalized spacial score (nSPS) is 18.8. The summed E-state index contributed by atoms with van der Waals surface area (Å²) in [6, 6.07) is 5.65. The highest BCUT2D eigenvalue weighted by Crippen LogP contribution is 2.50. The molecule has 8 heteroatoms. The molecular weight excluding hydrogens is 414 g/mol. The molecule has 162 valence electrons. The number of anilines is 1. The van der Waals surface area contributed by atoms with Gasteiger partial charge in [0.2, 0.25) is 5.91 Å². The third-order valence-corrected chi connectivity index (χ3v) is 6.42. The summed E-state index contributed by atoms with van der Waals surface area (Å²) in [6.45, 7) is 4.66. The Morgan fingerprint density at radius 3 is 2.77 bits per heavy atom. The largest absolute Gasteiger partial charge is 0.390 e. The number of carbonyl (C=O) groups excluding carboxylic acids is 1. The topological polar surface area (TPSA) is 84.1 Å². The van der Waals surface area contributed by atoms with Crippen LogP contribution in [0.15, 0.2) is 30.6 Å². The van der Waals surface area contributed by atoms with Crippen molar-refractivity contribution < 1.29 is 9.90 Å². The van der Waals surface area contributed by atoms with Crippen molar-refractivity contribution in [2.75, 3.05) is 4.90 Å². The van der Waals surface area contributed by atoms with Gasteiger partial charge in [0.05, 0.1) is 35.5 Å². The first-order valence-electron chi connectivity index (χ1n) is 10.8. The fourth-order valence-electron chi connectivity index (χ4n) is 4.57. The Labute approximate surface area is 186 Å². The summed E-state index contributed by atoms with van der Waals surface area (Å²) in [5, 5.41) is 10.5. The van der Waals surface area contributed by atoms with Crippen LogP contribution in [0.5, 0.6) is 0 Å². The van der Waals surface area contributed by atoms with E-state index in [0.717, 1.165) is 41.9 Å². The molecule has 1 aliphatic carbocycles. The molecule has 5 rings (SSSR count). The number of carbonyl (C=O) groups is 1. The Morgan fingerprint density at radius 2 is 2.03 bits per heavy atom. The summed E-state index contributed by atoms with van der Waals surface area (Å²) >= 11 is 6.10. The van der Waals surface area contributed by atoms with E-state index in [4.69, 9.17) is 16.6 Å². The summed E-state index contributed by atoms with van der Waals surface area (Å²) in [5.41, 5.74) is 2.68. The van der Waals surface area contributed by atoms with Crippen molar-refractivity contribution in [2.45, 2.75) is 64.1 Å². The fraction of sp³-hybridized carbons (Fsp3) is 0.478. The summed E-state index contributed by atoms with van der Waals surface area (Å²) in [6.07, 6.45) is 7.19. The van der Waals surface area contributed by atoms with Crippen molar-refractivity contribution in [2.24, 2.45) is 5.92 Å². The molecule has 1 amide bonds. The Balaban J connectivity index is 1.50. The van der Waals surface area contributed by atoms with Gasteiger partial charge < -0.3 is 14.6 Å². The first-order chi connectivity index (χ1) is 14.8. The van der Waals surface area contributed by atoms with Crippen LogP contribution in [0.25, 0.3) is 11.2 Å². The molecule has 1 fully saturated rings. The van der Waals surface area contributed by atoms with E-state index in [1.165, 1.54) is 0 Å². The zero-order valence-corrected chi connectivity index (χ0v) is 18.5. The Kier molecular flexibility index (Phi) is 4.98. The van der Waals surface area contributed by atoms with Crippen molar-refractivity contribution in [1.29, 1.82) is 0 Å². The minimum absolute atomic E-state index is 0.0708. The van der Waals surface area contributed by atoms with Gasteiger partial charge in [0.15, 0.2) is 5.65 Å². The number of rotatable bonds is 7. The van der Waals surface area contributed by atoms with Crippen molar-refractivity contribution in [1.82, 2.24) is 19.5 Å². The molecule has 1 saturated carbocycles. The van der Waals surface area contributed by atoms with Gasteiger partial charge in [-0.15, -0.1) is 0 Å². The van der Waals surface area contributed by atoms with Gasteiger partial charge in [0.1, 0.15) is 11.0 Å². The molecule has 31 heavy (non-hydrogen) atoms. The van der Waals surface area contributed by atoms with E-state index in [-0.39, 0.29) is 11.8 Å². The molecule has 0 saturated heterocycles. The number of aliphatic hydroxyl groups is 1. The summed E-state index contributed by atoms with van der Waals surface area (Å²) in [7, 11) is 0. The van der Waals surface area contributed by atoms with Crippen LogP contribution in [0.4, 0.5) is 5.69 Å². The third kappa shape index (κ3) is 3.92. The predicted molar refractivity (Wildman–Crippen MR) is 119 cm³/mol. The van der Waals surface area contributed by atoms with E-state index in [0.29, 0.717) is 36.2 Å². The molecule has 1 atom stereocenters.